The average Bonchev–Trinajstić information content (AvgIpc) is 3.17. The molecule has 0 heterocycles. The quantitative estimate of drug-likeness (QED) is 0.0267. The van der Waals surface area contributed by atoms with Gasteiger partial charge >= 0.3 is 10.4 Å². The van der Waals surface area contributed by atoms with E-state index in [0.717, 1.165) is 42.5 Å². The van der Waals surface area contributed by atoms with Crippen LogP contribution in [0.25, 0.3) is 15.7 Å². The molecule has 0 saturated heterocycles. The molecule has 9 N–H and O–H groups in total. The van der Waals surface area contributed by atoms with E-state index >= 15 is 0 Å². The van der Waals surface area contributed by atoms with Gasteiger partial charge in [0.1, 0.15) is 26.9 Å². The Hall–Kier alpha value is -5.84. The Bertz CT molecular complexity index is 3400. The molecule has 31 heteroatoms. The van der Waals surface area contributed by atoms with Gasteiger partial charge in [-0.2, -0.15) is 38.8 Å². The zero-order valence-corrected chi connectivity index (χ0v) is 35.9. The summed E-state index contributed by atoms with van der Waals surface area (Å²) in [4.78, 5) is -3.51. The van der Waals surface area contributed by atoms with Crippen LogP contribution >= 0.6 is 0 Å². The molecule has 5 aromatic rings. The van der Waals surface area contributed by atoms with Crippen molar-refractivity contribution >= 4 is 123 Å². The lowest BCUT2D eigenvalue weighted by Crippen LogP contribution is -2.16. The highest BCUT2D eigenvalue weighted by atomic mass is 32.3. The SMILES string of the molecule is C=C(c1ccc(N=Nc2cc(S(=O)(=O)O)c(N)c(N=Nc3ccc(N=Nc4ccc(S(=O)(=O)CCOS(=O)(=O)O)cc4S(=O)(=O)O)c4ccc(S(=O)(=O)O)cc34)c2N)cc1)S(=O)O. The number of nitrogens with two attached hydrogens (primary N) is 2. The summed E-state index contributed by atoms with van der Waals surface area (Å²) in [6.07, 6.45) is 0. The molecule has 0 spiro atoms. The van der Waals surface area contributed by atoms with Gasteiger partial charge in [0.15, 0.2) is 20.9 Å². The fourth-order valence-electron chi connectivity index (χ4n) is 5.18. The highest BCUT2D eigenvalue weighted by Crippen LogP contribution is 2.44. The number of anilines is 2. The zero-order chi connectivity index (χ0) is 46.9. The third-order valence-corrected chi connectivity index (χ3v) is 13.6. The molecule has 63 heavy (non-hydrogen) atoms. The van der Waals surface area contributed by atoms with Crippen LogP contribution in [0, 0.1) is 0 Å². The third-order valence-electron chi connectivity index (χ3n) is 8.19. The maximum atomic E-state index is 12.7. The van der Waals surface area contributed by atoms with Crippen LogP contribution in [0.15, 0.2) is 136 Å². The lowest BCUT2D eigenvalue weighted by atomic mass is 10.1. The number of nitrogens with zero attached hydrogens (tertiary/aromatic N) is 6. The molecule has 0 bridgehead atoms. The molecule has 0 aliphatic heterocycles. The fourth-order valence-corrected chi connectivity index (χ4v) is 8.89. The van der Waals surface area contributed by atoms with E-state index in [4.69, 9.17) is 16.0 Å². The summed E-state index contributed by atoms with van der Waals surface area (Å²) in [6, 6.07) is 13.8. The second-order valence-electron chi connectivity index (χ2n) is 12.3. The molecule has 0 saturated carbocycles. The summed E-state index contributed by atoms with van der Waals surface area (Å²) in [5, 5.41) is 23.4. The van der Waals surface area contributed by atoms with Crippen molar-refractivity contribution < 1.29 is 73.2 Å². The highest BCUT2D eigenvalue weighted by Gasteiger charge is 2.25. The fraction of sp³-hybridized carbons (Fsp3) is 0.0625. The summed E-state index contributed by atoms with van der Waals surface area (Å²) < 4.78 is 183. The Balaban J connectivity index is 1.59. The van der Waals surface area contributed by atoms with Gasteiger partial charge in [-0.1, -0.05) is 24.8 Å². The van der Waals surface area contributed by atoms with E-state index < -0.39 is 122 Å². The molecular weight excluding hydrogens is 961 g/mol. The summed E-state index contributed by atoms with van der Waals surface area (Å²) >= 11 is -2.35. The lowest BCUT2D eigenvalue weighted by molar-refractivity contribution is 0.284. The topological polar surface area (TPSA) is 424 Å². The number of rotatable bonds is 16. The van der Waals surface area contributed by atoms with Crippen LogP contribution in [-0.4, -0.2) is 81.4 Å². The van der Waals surface area contributed by atoms with Crippen LogP contribution < -0.4 is 11.5 Å². The second kappa shape index (κ2) is 18.1. The van der Waals surface area contributed by atoms with Crippen molar-refractivity contribution in [2.75, 3.05) is 23.8 Å². The molecular formula is C32H28N8O17S6. The van der Waals surface area contributed by atoms with E-state index in [0.29, 0.717) is 11.6 Å². The summed E-state index contributed by atoms with van der Waals surface area (Å²) in [5.41, 5.74) is 9.57. The van der Waals surface area contributed by atoms with Gasteiger partial charge in [0.2, 0.25) is 0 Å². The second-order valence-corrected chi connectivity index (χ2v) is 20.7. The van der Waals surface area contributed by atoms with Crippen LogP contribution in [0.5, 0.6) is 0 Å². The normalized spacial score (nSPS) is 13.7. The molecule has 0 aromatic heterocycles. The first-order valence-electron chi connectivity index (χ1n) is 16.4. The number of hydrogen-bond donors (Lipinski definition) is 7. The van der Waals surface area contributed by atoms with Gasteiger partial charge in [0.25, 0.3) is 30.4 Å². The van der Waals surface area contributed by atoms with Crippen molar-refractivity contribution in [3.8, 4) is 0 Å². The Morgan fingerprint density at radius 2 is 1.13 bits per heavy atom. The van der Waals surface area contributed by atoms with Crippen LogP contribution in [0.3, 0.4) is 0 Å². The molecule has 5 aromatic carbocycles. The minimum Gasteiger partial charge on any atom is -0.396 e. The van der Waals surface area contributed by atoms with Gasteiger partial charge in [-0.15, -0.1) is 25.6 Å². The van der Waals surface area contributed by atoms with E-state index in [1.54, 1.807) is 0 Å². The van der Waals surface area contributed by atoms with E-state index in [2.05, 4.69) is 41.4 Å². The standard InChI is InChI=1S/C32H28N8O17S6/c1-17(58(41)42)18-2-4-19(5-3-18)35-39-27-16-29(62(51,52)53)31(34)32(30(27)33)40-37-25-11-10-24(22-8-6-21(14-23(22)25)60(45,46)47)36-38-26-9-7-20(15-28(26)61(48,49)50)59(43,44)13-12-57-63(54,55)56/h2-11,14-16H,1,12-13,33-34H2,(H,41,42)(H,45,46,47)(H,48,49,50)(H,51,52,53)(H,54,55,56). The van der Waals surface area contributed by atoms with Crippen LogP contribution in [0.2, 0.25) is 0 Å². The molecule has 1 atom stereocenters. The molecule has 25 nitrogen and oxygen atoms in total. The van der Waals surface area contributed by atoms with E-state index in [9.17, 15) is 64.5 Å². The van der Waals surface area contributed by atoms with Crippen molar-refractivity contribution in [3.05, 3.63) is 91.0 Å². The first kappa shape index (κ1) is 48.2. The van der Waals surface area contributed by atoms with E-state index in [1.807, 2.05) is 0 Å². The monoisotopic (exact) mass is 988 g/mol. The number of benzene rings is 5. The van der Waals surface area contributed by atoms with Crippen LogP contribution in [0.1, 0.15) is 5.56 Å². The molecule has 5 rings (SSSR count). The van der Waals surface area contributed by atoms with Gasteiger partial charge in [0.05, 0.1) is 55.5 Å². The van der Waals surface area contributed by atoms with Crippen molar-refractivity contribution in [1.82, 2.24) is 0 Å². The van der Waals surface area contributed by atoms with Gasteiger partial charge in [-0.3, -0.25) is 18.2 Å². The average molecular weight is 989 g/mol. The number of azo groups is 3. The number of sulfone groups is 1. The third kappa shape index (κ3) is 11.8. The number of hydrogen-bond acceptors (Lipinski definition) is 20. The van der Waals surface area contributed by atoms with E-state index in [-0.39, 0.29) is 32.7 Å². The van der Waals surface area contributed by atoms with Gasteiger partial charge in [0, 0.05) is 10.8 Å². The lowest BCUT2D eigenvalue weighted by Gasteiger charge is -2.11. The Morgan fingerprint density at radius 3 is 1.70 bits per heavy atom. The molecule has 0 amide bonds. The zero-order valence-electron chi connectivity index (χ0n) is 31.0. The van der Waals surface area contributed by atoms with Crippen molar-refractivity contribution in [2.24, 2.45) is 30.7 Å². The molecule has 0 radical (unpaired) electrons. The van der Waals surface area contributed by atoms with Crippen molar-refractivity contribution in [3.63, 3.8) is 0 Å². The maximum Gasteiger partial charge on any atom is 0.397 e. The first-order chi connectivity index (χ1) is 29.1. The van der Waals surface area contributed by atoms with Crippen LogP contribution in [-0.2, 0) is 65.9 Å². The van der Waals surface area contributed by atoms with Gasteiger partial charge in [-0.25, -0.2) is 16.8 Å². The summed E-state index contributed by atoms with van der Waals surface area (Å²) in [7, 11) is -24.7. The largest absolute Gasteiger partial charge is 0.397 e. The molecule has 334 valence electrons. The number of fused-ring (bicyclic) bond motifs is 1. The molecule has 0 aliphatic rings. The smallest absolute Gasteiger partial charge is 0.396 e. The van der Waals surface area contributed by atoms with Crippen molar-refractivity contribution in [2.45, 2.75) is 19.6 Å². The Morgan fingerprint density at radius 1 is 0.587 bits per heavy atom. The Labute approximate surface area is 359 Å². The number of nitrogen functional groups attached to an aromatic ring is 2. The van der Waals surface area contributed by atoms with Crippen LogP contribution in [0.4, 0.5) is 45.5 Å². The first-order valence-corrected chi connectivity index (χ1v) is 24.9. The predicted octanol–water partition coefficient (Wildman–Crippen LogP) is 5.78. The minimum atomic E-state index is -5.23. The van der Waals surface area contributed by atoms with Gasteiger partial charge in [-0.05, 0) is 66.2 Å². The maximum absolute atomic E-state index is 12.7. The molecule has 0 fully saturated rings. The van der Waals surface area contributed by atoms with E-state index in [1.165, 1.54) is 30.3 Å². The molecule has 1 unspecified atom stereocenters. The van der Waals surface area contributed by atoms with Gasteiger partial charge < -0.3 is 16.0 Å². The minimum absolute atomic E-state index is 0.0176. The molecule has 0 aliphatic carbocycles. The summed E-state index contributed by atoms with van der Waals surface area (Å²) in [6.45, 7) is 2.44. The predicted molar refractivity (Wildman–Crippen MR) is 223 cm³/mol. The highest BCUT2D eigenvalue weighted by molar-refractivity contribution is 7.91. The summed E-state index contributed by atoms with van der Waals surface area (Å²) in [5.74, 6) is -1.05. The van der Waals surface area contributed by atoms with Crippen molar-refractivity contribution in [1.29, 1.82) is 0 Å². The Kier molecular flexibility index (Phi) is 13.8.